The molecule has 21 heavy (non-hydrogen) atoms. The minimum absolute atomic E-state index is 1.19. The van der Waals surface area contributed by atoms with Crippen molar-refractivity contribution >= 4 is 10.8 Å². The Morgan fingerprint density at radius 3 is 2.43 bits per heavy atom. The van der Waals surface area contributed by atoms with Gasteiger partial charge in [0, 0.05) is 0 Å². The SMILES string of the molecule is C=C/C=C\C=C/CCCC.Cc1cccc2ccccc12. The van der Waals surface area contributed by atoms with Crippen LogP contribution in [0.15, 0.2) is 79.4 Å². The highest BCUT2D eigenvalue weighted by molar-refractivity contribution is 5.85. The van der Waals surface area contributed by atoms with Crippen LogP contribution in [-0.2, 0) is 0 Å². The van der Waals surface area contributed by atoms with E-state index in [0.29, 0.717) is 0 Å². The number of hydrogen-bond acceptors (Lipinski definition) is 0. The van der Waals surface area contributed by atoms with Gasteiger partial charge >= 0.3 is 0 Å². The largest absolute Gasteiger partial charge is 0.0991 e. The molecule has 0 heteroatoms. The van der Waals surface area contributed by atoms with Crippen molar-refractivity contribution in [1.29, 1.82) is 0 Å². The second kappa shape index (κ2) is 10.7. The van der Waals surface area contributed by atoms with Gasteiger partial charge < -0.3 is 0 Å². The van der Waals surface area contributed by atoms with Gasteiger partial charge in [-0.2, -0.15) is 0 Å². The summed E-state index contributed by atoms with van der Waals surface area (Å²) >= 11 is 0. The molecule has 0 radical (unpaired) electrons. The Balaban J connectivity index is 0.000000212. The number of fused-ring (bicyclic) bond motifs is 1. The first-order valence-electron chi connectivity index (χ1n) is 7.68. The first kappa shape index (κ1) is 17.0. The van der Waals surface area contributed by atoms with Gasteiger partial charge in [0.15, 0.2) is 0 Å². The highest BCUT2D eigenvalue weighted by Gasteiger charge is 1.92. The second-order valence-electron chi connectivity index (χ2n) is 4.99. The van der Waals surface area contributed by atoms with E-state index >= 15 is 0 Å². The van der Waals surface area contributed by atoms with Gasteiger partial charge in [-0.25, -0.2) is 0 Å². The van der Waals surface area contributed by atoms with Crippen LogP contribution in [-0.4, -0.2) is 0 Å². The van der Waals surface area contributed by atoms with Crippen molar-refractivity contribution in [2.75, 3.05) is 0 Å². The first-order chi connectivity index (χ1) is 10.3. The van der Waals surface area contributed by atoms with E-state index in [0.717, 1.165) is 0 Å². The van der Waals surface area contributed by atoms with Crippen molar-refractivity contribution in [2.45, 2.75) is 33.1 Å². The van der Waals surface area contributed by atoms with Gasteiger partial charge in [-0.1, -0.05) is 99.2 Å². The molecule has 0 heterocycles. The van der Waals surface area contributed by atoms with E-state index in [1.54, 1.807) is 6.08 Å². The first-order valence-corrected chi connectivity index (χ1v) is 7.68. The molecule has 0 spiro atoms. The summed E-state index contributed by atoms with van der Waals surface area (Å²) in [6.07, 6.45) is 13.7. The Bertz CT molecular complexity index is 583. The number of aryl methyl sites for hydroxylation is 1. The van der Waals surface area contributed by atoms with Crippen LogP contribution in [0.5, 0.6) is 0 Å². The van der Waals surface area contributed by atoms with Gasteiger partial charge in [0.1, 0.15) is 0 Å². The summed E-state index contributed by atoms with van der Waals surface area (Å²) in [6, 6.07) is 14.8. The van der Waals surface area contributed by atoms with Crippen molar-refractivity contribution in [2.24, 2.45) is 0 Å². The summed E-state index contributed by atoms with van der Waals surface area (Å²) in [5.74, 6) is 0. The molecule has 2 aromatic rings. The zero-order valence-corrected chi connectivity index (χ0v) is 13.3. The summed E-state index contributed by atoms with van der Waals surface area (Å²) in [7, 11) is 0. The summed E-state index contributed by atoms with van der Waals surface area (Å²) in [6.45, 7) is 7.92. The highest BCUT2D eigenvalue weighted by Crippen LogP contribution is 2.16. The van der Waals surface area contributed by atoms with Gasteiger partial charge in [0.2, 0.25) is 0 Å². The molecular weight excluding hydrogens is 252 g/mol. The normalized spacial score (nSPS) is 10.8. The van der Waals surface area contributed by atoms with Crippen LogP contribution in [0.4, 0.5) is 0 Å². The Kier molecular flexibility index (Phi) is 8.63. The lowest BCUT2D eigenvalue weighted by Crippen LogP contribution is -1.75. The van der Waals surface area contributed by atoms with E-state index < -0.39 is 0 Å². The molecule has 110 valence electrons. The fourth-order valence-electron chi connectivity index (χ4n) is 2.03. The molecule has 0 fully saturated rings. The minimum atomic E-state index is 1.19. The summed E-state index contributed by atoms with van der Waals surface area (Å²) in [5.41, 5.74) is 1.35. The maximum atomic E-state index is 3.57. The lowest BCUT2D eigenvalue weighted by atomic mass is 10.1. The van der Waals surface area contributed by atoms with E-state index in [-0.39, 0.29) is 0 Å². The van der Waals surface area contributed by atoms with E-state index in [1.165, 1.54) is 35.6 Å². The predicted molar refractivity (Wildman–Crippen MR) is 96.7 cm³/mol. The third-order valence-corrected chi connectivity index (χ3v) is 3.23. The van der Waals surface area contributed by atoms with Crippen molar-refractivity contribution in [3.8, 4) is 0 Å². The molecule has 2 rings (SSSR count). The molecule has 0 atom stereocenters. The molecular formula is C21H26. The van der Waals surface area contributed by atoms with Crippen molar-refractivity contribution < 1.29 is 0 Å². The predicted octanol–water partition coefficient (Wildman–Crippen LogP) is 6.62. The van der Waals surface area contributed by atoms with Crippen molar-refractivity contribution in [3.05, 3.63) is 85.0 Å². The minimum Gasteiger partial charge on any atom is -0.0991 e. The molecule has 0 aliphatic rings. The number of unbranched alkanes of at least 4 members (excludes halogenated alkanes) is 2. The third-order valence-electron chi connectivity index (χ3n) is 3.23. The standard InChI is InChI=1S/C11H10.C10H16/c1-9-5-4-7-10-6-2-3-8-11(9)10;1-3-5-7-9-10-8-6-4-2/h2-8H,1H3;3,5,7,9-10H,1,4,6,8H2,2H3/b;7-5-,10-9-. The van der Waals surface area contributed by atoms with Gasteiger partial charge in [-0.15, -0.1) is 0 Å². The fraction of sp³-hybridized carbons (Fsp3) is 0.238. The van der Waals surface area contributed by atoms with Crippen LogP contribution in [0.3, 0.4) is 0 Å². The summed E-state index contributed by atoms with van der Waals surface area (Å²) in [5, 5.41) is 2.68. The second-order valence-corrected chi connectivity index (χ2v) is 4.99. The van der Waals surface area contributed by atoms with E-state index in [1.807, 2.05) is 12.2 Å². The molecule has 0 nitrogen and oxygen atoms in total. The average Bonchev–Trinajstić information content (AvgIpc) is 2.52. The number of benzene rings is 2. The fourth-order valence-corrected chi connectivity index (χ4v) is 2.03. The van der Waals surface area contributed by atoms with Gasteiger partial charge in [-0.3, -0.25) is 0 Å². The Labute approximate surface area is 129 Å². The Morgan fingerprint density at radius 2 is 1.71 bits per heavy atom. The molecule has 0 bridgehead atoms. The number of allylic oxidation sites excluding steroid dienone is 5. The maximum Gasteiger partial charge on any atom is -0.0155 e. The molecule has 0 saturated carbocycles. The molecule has 0 amide bonds. The highest BCUT2D eigenvalue weighted by atomic mass is 14.0. The smallest absolute Gasteiger partial charge is 0.0155 e. The zero-order valence-electron chi connectivity index (χ0n) is 13.3. The Morgan fingerprint density at radius 1 is 0.952 bits per heavy atom. The Hall–Kier alpha value is -2.08. The lowest BCUT2D eigenvalue weighted by molar-refractivity contribution is 0.815. The molecule has 0 aromatic heterocycles. The average molecular weight is 278 g/mol. The molecule has 0 saturated heterocycles. The molecule has 2 aromatic carbocycles. The topological polar surface area (TPSA) is 0 Å². The number of rotatable bonds is 5. The van der Waals surface area contributed by atoms with Gasteiger partial charge in [-0.05, 0) is 29.7 Å². The van der Waals surface area contributed by atoms with Crippen LogP contribution in [0.2, 0.25) is 0 Å². The third kappa shape index (κ3) is 6.76. The zero-order chi connectivity index (χ0) is 15.3. The van der Waals surface area contributed by atoms with Crippen molar-refractivity contribution in [1.82, 2.24) is 0 Å². The van der Waals surface area contributed by atoms with Crippen LogP contribution in [0.1, 0.15) is 31.7 Å². The summed E-state index contributed by atoms with van der Waals surface area (Å²) < 4.78 is 0. The van der Waals surface area contributed by atoms with Crippen molar-refractivity contribution in [3.63, 3.8) is 0 Å². The monoisotopic (exact) mass is 278 g/mol. The number of hydrogen-bond donors (Lipinski definition) is 0. The molecule has 0 aliphatic carbocycles. The van der Waals surface area contributed by atoms with E-state index in [9.17, 15) is 0 Å². The van der Waals surface area contributed by atoms with Gasteiger partial charge in [0.25, 0.3) is 0 Å². The van der Waals surface area contributed by atoms with Crippen LogP contribution in [0, 0.1) is 6.92 Å². The summed E-state index contributed by atoms with van der Waals surface area (Å²) in [4.78, 5) is 0. The maximum absolute atomic E-state index is 3.57. The van der Waals surface area contributed by atoms with E-state index in [2.05, 4.69) is 75.0 Å². The molecule has 0 N–H and O–H groups in total. The van der Waals surface area contributed by atoms with Gasteiger partial charge in [0.05, 0.1) is 0 Å². The van der Waals surface area contributed by atoms with Crippen LogP contribution >= 0.6 is 0 Å². The van der Waals surface area contributed by atoms with E-state index in [4.69, 9.17) is 0 Å². The van der Waals surface area contributed by atoms with Crippen LogP contribution < -0.4 is 0 Å². The quantitative estimate of drug-likeness (QED) is 0.425. The lowest BCUT2D eigenvalue weighted by Gasteiger charge is -1.98. The van der Waals surface area contributed by atoms with Crippen LogP contribution in [0.25, 0.3) is 10.8 Å². The molecule has 0 aliphatic heterocycles. The molecule has 0 unspecified atom stereocenters.